The summed E-state index contributed by atoms with van der Waals surface area (Å²) in [6.45, 7) is 3.60. The number of nitriles is 1. The molecule has 3 atom stereocenters. The van der Waals surface area contributed by atoms with Gasteiger partial charge in [-0.05, 0) is 6.42 Å². The van der Waals surface area contributed by atoms with E-state index in [1.807, 2.05) is 0 Å². The molecular weight excluding hydrogens is 166 g/mol. The third kappa shape index (κ3) is 2.41. The molecule has 1 heterocycles. The third-order valence-corrected chi connectivity index (χ3v) is 2.07. The summed E-state index contributed by atoms with van der Waals surface area (Å²) in [5.41, 5.74) is 0. The van der Waals surface area contributed by atoms with Gasteiger partial charge in [0, 0.05) is 0 Å². The molecule has 0 bridgehead atoms. The van der Waals surface area contributed by atoms with Gasteiger partial charge in [0.1, 0.15) is 0 Å². The number of nitrogens with zero attached hydrogens (tertiary/aromatic N) is 1. The number of ether oxygens (including phenoxy) is 1. The summed E-state index contributed by atoms with van der Waals surface area (Å²) in [5.74, 6) is -0.120. The molecule has 1 rings (SSSR count). The van der Waals surface area contributed by atoms with E-state index in [4.69, 9.17) is 15.1 Å². The fourth-order valence-electron chi connectivity index (χ4n) is 1.39. The van der Waals surface area contributed by atoms with Crippen molar-refractivity contribution in [3.05, 3.63) is 24.8 Å². The number of aliphatic hydroxyl groups is 1. The van der Waals surface area contributed by atoms with E-state index in [1.165, 1.54) is 0 Å². The SMILES string of the molecule is C=C[C@@H]1C[C@H](C#N)[C@H](/C=C/CO)O1. The largest absolute Gasteiger partial charge is 0.392 e. The van der Waals surface area contributed by atoms with Crippen LogP contribution in [-0.4, -0.2) is 23.9 Å². The number of hydrogen-bond acceptors (Lipinski definition) is 3. The minimum Gasteiger partial charge on any atom is -0.392 e. The molecule has 13 heavy (non-hydrogen) atoms. The van der Waals surface area contributed by atoms with Crippen LogP contribution in [0.4, 0.5) is 0 Å². The van der Waals surface area contributed by atoms with E-state index in [2.05, 4.69) is 12.6 Å². The van der Waals surface area contributed by atoms with E-state index >= 15 is 0 Å². The van der Waals surface area contributed by atoms with E-state index in [-0.39, 0.29) is 24.7 Å². The molecule has 0 aliphatic carbocycles. The van der Waals surface area contributed by atoms with Crippen molar-refractivity contribution in [2.24, 2.45) is 5.92 Å². The first-order valence-electron chi connectivity index (χ1n) is 4.27. The Kier molecular flexibility index (Phi) is 3.69. The second kappa shape index (κ2) is 4.80. The number of aliphatic hydroxyl groups excluding tert-OH is 1. The lowest BCUT2D eigenvalue weighted by atomic mass is 10.0. The van der Waals surface area contributed by atoms with Gasteiger partial charge in [-0.1, -0.05) is 18.2 Å². The first-order chi connectivity index (χ1) is 6.31. The van der Waals surface area contributed by atoms with Crippen molar-refractivity contribution in [1.82, 2.24) is 0 Å². The summed E-state index contributed by atoms with van der Waals surface area (Å²) in [4.78, 5) is 0. The van der Waals surface area contributed by atoms with E-state index in [0.717, 1.165) is 0 Å². The maximum atomic E-state index is 8.79. The predicted molar refractivity (Wildman–Crippen MR) is 48.8 cm³/mol. The second-order valence-corrected chi connectivity index (χ2v) is 2.96. The van der Waals surface area contributed by atoms with Crippen molar-refractivity contribution in [2.75, 3.05) is 6.61 Å². The van der Waals surface area contributed by atoms with Crippen molar-refractivity contribution in [2.45, 2.75) is 18.6 Å². The van der Waals surface area contributed by atoms with E-state index in [1.54, 1.807) is 18.2 Å². The van der Waals surface area contributed by atoms with Crippen molar-refractivity contribution >= 4 is 0 Å². The molecule has 1 aliphatic rings. The molecule has 0 saturated carbocycles. The van der Waals surface area contributed by atoms with Crippen molar-refractivity contribution in [3.63, 3.8) is 0 Å². The smallest absolute Gasteiger partial charge is 0.0923 e. The molecule has 0 aromatic heterocycles. The Balaban J connectivity index is 2.58. The lowest BCUT2D eigenvalue weighted by Crippen LogP contribution is -2.11. The van der Waals surface area contributed by atoms with Gasteiger partial charge in [0.05, 0.1) is 30.8 Å². The van der Waals surface area contributed by atoms with Gasteiger partial charge in [0.2, 0.25) is 0 Å². The van der Waals surface area contributed by atoms with Crippen LogP contribution < -0.4 is 0 Å². The molecule has 1 fully saturated rings. The van der Waals surface area contributed by atoms with Crippen LogP contribution in [0.15, 0.2) is 24.8 Å². The van der Waals surface area contributed by atoms with E-state index in [0.29, 0.717) is 6.42 Å². The van der Waals surface area contributed by atoms with Crippen LogP contribution >= 0.6 is 0 Å². The van der Waals surface area contributed by atoms with Gasteiger partial charge in [0.25, 0.3) is 0 Å². The summed E-state index contributed by atoms with van der Waals surface area (Å²) < 4.78 is 5.48. The maximum absolute atomic E-state index is 8.79. The summed E-state index contributed by atoms with van der Waals surface area (Å²) >= 11 is 0. The summed E-state index contributed by atoms with van der Waals surface area (Å²) in [6, 6.07) is 2.18. The van der Waals surface area contributed by atoms with E-state index < -0.39 is 0 Å². The van der Waals surface area contributed by atoms with Gasteiger partial charge in [0.15, 0.2) is 0 Å². The Morgan fingerprint density at radius 1 is 1.69 bits per heavy atom. The van der Waals surface area contributed by atoms with Crippen LogP contribution in [0.5, 0.6) is 0 Å². The molecule has 1 N–H and O–H groups in total. The fraction of sp³-hybridized carbons (Fsp3) is 0.500. The predicted octanol–water partition coefficient (Wildman–Crippen LogP) is 1.02. The minimum atomic E-state index is -0.194. The van der Waals surface area contributed by atoms with Gasteiger partial charge < -0.3 is 9.84 Å². The van der Waals surface area contributed by atoms with E-state index in [9.17, 15) is 0 Å². The van der Waals surface area contributed by atoms with Crippen LogP contribution in [0.3, 0.4) is 0 Å². The van der Waals surface area contributed by atoms with Crippen LogP contribution in [0.25, 0.3) is 0 Å². The van der Waals surface area contributed by atoms with Crippen LogP contribution in [-0.2, 0) is 4.74 Å². The van der Waals surface area contributed by atoms with Crippen LogP contribution in [0, 0.1) is 17.2 Å². The summed E-state index contributed by atoms with van der Waals surface area (Å²) in [7, 11) is 0. The Morgan fingerprint density at radius 2 is 2.46 bits per heavy atom. The zero-order valence-corrected chi connectivity index (χ0v) is 7.39. The van der Waals surface area contributed by atoms with Crippen LogP contribution in [0.1, 0.15) is 6.42 Å². The Hall–Kier alpha value is -1.11. The molecule has 3 heteroatoms. The maximum Gasteiger partial charge on any atom is 0.0923 e. The molecular formula is C10H13NO2. The molecule has 70 valence electrons. The van der Waals surface area contributed by atoms with Gasteiger partial charge >= 0.3 is 0 Å². The van der Waals surface area contributed by atoms with Gasteiger partial charge in [-0.15, -0.1) is 6.58 Å². The zero-order valence-electron chi connectivity index (χ0n) is 7.39. The molecule has 0 radical (unpaired) electrons. The lowest BCUT2D eigenvalue weighted by molar-refractivity contribution is 0.0943. The van der Waals surface area contributed by atoms with Crippen molar-refractivity contribution in [1.29, 1.82) is 5.26 Å². The lowest BCUT2D eigenvalue weighted by Gasteiger charge is -2.07. The molecule has 1 aliphatic heterocycles. The average molecular weight is 179 g/mol. The highest BCUT2D eigenvalue weighted by atomic mass is 16.5. The highest BCUT2D eigenvalue weighted by Crippen LogP contribution is 2.27. The molecule has 0 spiro atoms. The number of rotatable bonds is 3. The highest BCUT2D eigenvalue weighted by Gasteiger charge is 2.31. The molecule has 3 nitrogen and oxygen atoms in total. The topological polar surface area (TPSA) is 53.2 Å². The molecule has 0 amide bonds. The quantitative estimate of drug-likeness (QED) is 0.658. The highest BCUT2D eigenvalue weighted by molar-refractivity contribution is 5.07. The first kappa shape index (κ1) is 9.97. The Labute approximate surface area is 77.9 Å². The average Bonchev–Trinajstić information content (AvgIpc) is 2.57. The monoisotopic (exact) mass is 179 g/mol. The number of hydrogen-bond donors (Lipinski definition) is 1. The molecule has 0 aromatic rings. The fourth-order valence-corrected chi connectivity index (χ4v) is 1.39. The second-order valence-electron chi connectivity index (χ2n) is 2.96. The van der Waals surface area contributed by atoms with Gasteiger partial charge in [-0.3, -0.25) is 0 Å². The van der Waals surface area contributed by atoms with Crippen LogP contribution in [0.2, 0.25) is 0 Å². The zero-order chi connectivity index (χ0) is 9.68. The third-order valence-electron chi connectivity index (χ3n) is 2.07. The standard InChI is InChI=1S/C10H13NO2/c1-2-9-6-8(7-11)10(13-9)4-3-5-12/h2-4,8-10,12H,1,5-6H2/b4-3+/t8-,9-,10+/m1/s1. The first-order valence-corrected chi connectivity index (χ1v) is 4.27. The Bertz CT molecular complexity index is 242. The minimum absolute atomic E-state index is 0.0171. The van der Waals surface area contributed by atoms with Gasteiger partial charge in [-0.2, -0.15) is 5.26 Å². The van der Waals surface area contributed by atoms with Crippen molar-refractivity contribution in [3.8, 4) is 6.07 Å². The molecule has 0 aromatic carbocycles. The summed E-state index contributed by atoms with van der Waals surface area (Å²) in [5, 5.41) is 17.4. The van der Waals surface area contributed by atoms with Gasteiger partial charge in [-0.25, -0.2) is 0 Å². The molecule has 0 unspecified atom stereocenters. The van der Waals surface area contributed by atoms with Crippen molar-refractivity contribution < 1.29 is 9.84 Å². The summed E-state index contributed by atoms with van der Waals surface area (Å²) in [6.07, 6.45) is 5.51. The normalized spacial score (nSPS) is 33.4. The Morgan fingerprint density at radius 3 is 3.00 bits per heavy atom. The molecule has 1 saturated heterocycles.